The summed E-state index contributed by atoms with van der Waals surface area (Å²) in [6.07, 6.45) is 11.8. The minimum Gasteiger partial charge on any atom is -0.327 e. The van der Waals surface area contributed by atoms with Gasteiger partial charge in [-0.2, -0.15) is 5.10 Å². The van der Waals surface area contributed by atoms with E-state index >= 15 is 0 Å². The molecule has 1 aliphatic carbocycles. The lowest BCUT2D eigenvalue weighted by Crippen LogP contribution is -2.35. The van der Waals surface area contributed by atoms with Crippen LogP contribution in [0.4, 0.5) is 0 Å². The highest BCUT2D eigenvalue weighted by Gasteiger charge is 2.25. The molecule has 0 spiro atoms. The van der Waals surface area contributed by atoms with Crippen molar-refractivity contribution >= 4 is 0 Å². The number of aryl methyl sites for hydroxylation is 1. The Kier molecular flexibility index (Phi) is 4.81. The molecule has 3 heteroatoms. The van der Waals surface area contributed by atoms with Crippen molar-refractivity contribution in [2.24, 2.45) is 17.6 Å². The van der Waals surface area contributed by atoms with Gasteiger partial charge in [-0.1, -0.05) is 26.2 Å². The predicted octanol–water partition coefficient (Wildman–Crippen LogP) is 2.99. The van der Waals surface area contributed by atoms with E-state index in [1.807, 2.05) is 10.9 Å². The fourth-order valence-corrected chi connectivity index (χ4v) is 3.22. The van der Waals surface area contributed by atoms with Gasteiger partial charge in [0, 0.05) is 18.8 Å². The van der Waals surface area contributed by atoms with E-state index in [4.69, 9.17) is 5.73 Å². The SMILES string of the molecule is CCC1CCCC(C(N)Cc2cnn(CC)c2)C1. The molecular formula is C15H27N3. The summed E-state index contributed by atoms with van der Waals surface area (Å²) in [6.45, 7) is 5.37. The van der Waals surface area contributed by atoms with Crippen molar-refractivity contribution in [1.29, 1.82) is 0 Å². The first-order valence-corrected chi connectivity index (χ1v) is 7.49. The Bertz CT molecular complexity index is 358. The van der Waals surface area contributed by atoms with E-state index in [-0.39, 0.29) is 0 Å². The monoisotopic (exact) mass is 249 g/mol. The topological polar surface area (TPSA) is 43.8 Å². The fraction of sp³-hybridized carbons (Fsp3) is 0.800. The lowest BCUT2D eigenvalue weighted by atomic mass is 9.76. The average molecular weight is 249 g/mol. The molecule has 18 heavy (non-hydrogen) atoms. The van der Waals surface area contributed by atoms with Gasteiger partial charge in [0.25, 0.3) is 0 Å². The lowest BCUT2D eigenvalue weighted by Gasteiger charge is -2.32. The standard InChI is InChI=1S/C15H27N3/c1-3-12-6-5-7-14(8-12)15(16)9-13-10-17-18(4-2)11-13/h10-12,14-15H,3-9,16H2,1-2H3. The first kappa shape index (κ1) is 13.6. The first-order chi connectivity index (χ1) is 8.72. The van der Waals surface area contributed by atoms with Gasteiger partial charge in [0.2, 0.25) is 0 Å². The molecule has 0 amide bonds. The van der Waals surface area contributed by atoms with Gasteiger partial charge in [-0.15, -0.1) is 0 Å². The van der Waals surface area contributed by atoms with E-state index in [2.05, 4.69) is 25.1 Å². The van der Waals surface area contributed by atoms with Gasteiger partial charge in [0.15, 0.2) is 0 Å². The van der Waals surface area contributed by atoms with Crippen LogP contribution < -0.4 is 5.73 Å². The average Bonchev–Trinajstić information content (AvgIpc) is 2.86. The van der Waals surface area contributed by atoms with Crippen LogP contribution >= 0.6 is 0 Å². The number of rotatable bonds is 5. The smallest absolute Gasteiger partial charge is 0.0522 e. The molecule has 1 aromatic heterocycles. The molecule has 2 rings (SSSR count). The summed E-state index contributed by atoms with van der Waals surface area (Å²) < 4.78 is 1.98. The normalized spacial score (nSPS) is 26.2. The molecule has 1 saturated carbocycles. The van der Waals surface area contributed by atoms with Gasteiger partial charge in [0.1, 0.15) is 0 Å². The number of nitrogens with two attached hydrogens (primary N) is 1. The molecule has 1 aliphatic rings. The van der Waals surface area contributed by atoms with Gasteiger partial charge in [0.05, 0.1) is 6.20 Å². The van der Waals surface area contributed by atoms with Gasteiger partial charge in [-0.05, 0) is 43.6 Å². The molecule has 1 fully saturated rings. The van der Waals surface area contributed by atoms with Gasteiger partial charge in [-0.3, -0.25) is 4.68 Å². The minimum absolute atomic E-state index is 0.314. The van der Waals surface area contributed by atoms with Crippen LogP contribution in [0.5, 0.6) is 0 Å². The third-order valence-corrected chi connectivity index (χ3v) is 4.49. The highest BCUT2D eigenvalue weighted by atomic mass is 15.3. The Labute approximate surface area is 111 Å². The molecule has 3 nitrogen and oxygen atoms in total. The second kappa shape index (κ2) is 6.37. The maximum absolute atomic E-state index is 6.41. The zero-order valence-corrected chi connectivity index (χ0v) is 11.8. The molecule has 0 aromatic carbocycles. The molecule has 0 saturated heterocycles. The molecule has 1 aromatic rings. The van der Waals surface area contributed by atoms with Gasteiger partial charge < -0.3 is 5.73 Å². The van der Waals surface area contributed by atoms with E-state index in [1.165, 1.54) is 37.7 Å². The third-order valence-electron chi connectivity index (χ3n) is 4.49. The zero-order chi connectivity index (χ0) is 13.0. The first-order valence-electron chi connectivity index (χ1n) is 7.49. The number of aromatic nitrogens is 2. The third kappa shape index (κ3) is 3.35. The van der Waals surface area contributed by atoms with Gasteiger partial charge >= 0.3 is 0 Å². The van der Waals surface area contributed by atoms with Crippen LogP contribution in [0.1, 0.15) is 51.5 Å². The van der Waals surface area contributed by atoms with E-state index in [9.17, 15) is 0 Å². The molecule has 0 aliphatic heterocycles. The van der Waals surface area contributed by atoms with Crippen molar-refractivity contribution in [2.45, 2.75) is 65.0 Å². The maximum atomic E-state index is 6.41. The van der Waals surface area contributed by atoms with Crippen LogP contribution in [-0.2, 0) is 13.0 Å². The van der Waals surface area contributed by atoms with Crippen molar-refractivity contribution < 1.29 is 0 Å². The Morgan fingerprint density at radius 2 is 2.28 bits per heavy atom. The predicted molar refractivity (Wildman–Crippen MR) is 75.3 cm³/mol. The number of hydrogen-bond acceptors (Lipinski definition) is 2. The highest BCUT2D eigenvalue weighted by Crippen LogP contribution is 2.33. The maximum Gasteiger partial charge on any atom is 0.0522 e. The van der Waals surface area contributed by atoms with Crippen LogP contribution in [0.15, 0.2) is 12.4 Å². The second-order valence-electron chi connectivity index (χ2n) is 5.77. The van der Waals surface area contributed by atoms with E-state index in [0.29, 0.717) is 12.0 Å². The van der Waals surface area contributed by atoms with Crippen LogP contribution in [0.2, 0.25) is 0 Å². The van der Waals surface area contributed by atoms with Crippen molar-refractivity contribution in [1.82, 2.24) is 9.78 Å². The molecule has 3 atom stereocenters. The molecule has 3 unspecified atom stereocenters. The molecule has 2 N–H and O–H groups in total. The van der Waals surface area contributed by atoms with Gasteiger partial charge in [-0.25, -0.2) is 0 Å². The number of nitrogens with zero attached hydrogens (tertiary/aromatic N) is 2. The Balaban J connectivity index is 1.88. The highest BCUT2D eigenvalue weighted by molar-refractivity contribution is 5.06. The quantitative estimate of drug-likeness (QED) is 0.872. The fourth-order valence-electron chi connectivity index (χ4n) is 3.22. The zero-order valence-electron chi connectivity index (χ0n) is 11.8. The summed E-state index contributed by atoms with van der Waals surface area (Å²) in [5, 5.41) is 4.33. The molecular weight excluding hydrogens is 222 g/mol. The summed E-state index contributed by atoms with van der Waals surface area (Å²) in [5.41, 5.74) is 7.71. The second-order valence-corrected chi connectivity index (χ2v) is 5.77. The van der Waals surface area contributed by atoms with Crippen LogP contribution in [-0.4, -0.2) is 15.8 Å². The van der Waals surface area contributed by atoms with Crippen LogP contribution in [0.3, 0.4) is 0 Å². The van der Waals surface area contributed by atoms with Crippen LogP contribution in [0, 0.1) is 11.8 Å². The minimum atomic E-state index is 0.314. The van der Waals surface area contributed by atoms with Crippen LogP contribution in [0.25, 0.3) is 0 Å². The summed E-state index contributed by atoms with van der Waals surface area (Å²) in [4.78, 5) is 0. The Hall–Kier alpha value is -0.830. The summed E-state index contributed by atoms with van der Waals surface area (Å²) >= 11 is 0. The lowest BCUT2D eigenvalue weighted by molar-refractivity contribution is 0.228. The van der Waals surface area contributed by atoms with E-state index < -0.39 is 0 Å². The Morgan fingerprint density at radius 1 is 1.44 bits per heavy atom. The van der Waals surface area contributed by atoms with Crippen molar-refractivity contribution in [3.63, 3.8) is 0 Å². The van der Waals surface area contributed by atoms with E-state index in [1.54, 1.807) is 0 Å². The molecule has 0 radical (unpaired) electrons. The molecule has 0 bridgehead atoms. The largest absolute Gasteiger partial charge is 0.327 e. The van der Waals surface area contributed by atoms with Crippen molar-refractivity contribution in [3.05, 3.63) is 18.0 Å². The summed E-state index contributed by atoms with van der Waals surface area (Å²) in [6, 6.07) is 0.314. The number of hydrogen-bond donors (Lipinski definition) is 1. The van der Waals surface area contributed by atoms with Crippen molar-refractivity contribution in [3.8, 4) is 0 Å². The van der Waals surface area contributed by atoms with Crippen molar-refractivity contribution in [2.75, 3.05) is 0 Å². The molecule has 102 valence electrons. The van der Waals surface area contributed by atoms with E-state index in [0.717, 1.165) is 18.9 Å². The summed E-state index contributed by atoms with van der Waals surface area (Å²) in [7, 11) is 0. The Morgan fingerprint density at radius 3 is 2.94 bits per heavy atom. The summed E-state index contributed by atoms with van der Waals surface area (Å²) in [5.74, 6) is 1.63. The molecule has 1 heterocycles.